The molecule has 0 radical (unpaired) electrons. The number of benzene rings is 2. The van der Waals surface area contributed by atoms with Gasteiger partial charge in [-0.3, -0.25) is 4.79 Å². The van der Waals surface area contributed by atoms with Crippen LogP contribution in [0.4, 0.5) is 29.2 Å². The number of alkyl halides is 6. The Labute approximate surface area is 491 Å². The molecule has 0 atom stereocenters. The number of nitrogens with one attached hydrogen (secondary N) is 1. The molecule has 35 heteroatoms. The average Bonchev–Trinajstić information content (AvgIpc) is 4.15. The molecule has 8 heterocycles. The van der Waals surface area contributed by atoms with E-state index in [9.17, 15) is 27.2 Å². The monoisotopic (exact) mass is 1300 g/mol. The van der Waals surface area contributed by atoms with Crippen LogP contribution < -0.4 is 39.5 Å². The summed E-state index contributed by atoms with van der Waals surface area (Å²) in [6, 6.07) is 11.9. The van der Waals surface area contributed by atoms with Crippen LogP contribution in [0.5, 0.6) is 35.0 Å². The van der Waals surface area contributed by atoms with Crippen molar-refractivity contribution in [3.05, 3.63) is 106 Å². The van der Waals surface area contributed by atoms with Crippen LogP contribution in [-0.4, -0.2) is 121 Å². The summed E-state index contributed by atoms with van der Waals surface area (Å²) in [4.78, 5) is 43.7. The van der Waals surface area contributed by atoms with Gasteiger partial charge < -0.3 is 54.2 Å². The maximum absolute atomic E-state index is 13.2. The van der Waals surface area contributed by atoms with Crippen molar-refractivity contribution in [1.82, 2.24) is 38.6 Å². The Hall–Kier alpha value is -5.20. The maximum Gasteiger partial charge on any atom is 0.586 e. The number of fused-ring (bicyclic) bond motifs is 2. The first kappa shape index (κ1) is 63.6. The highest BCUT2D eigenvalue weighted by Gasteiger charge is 2.45. The van der Waals surface area contributed by atoms with Crippen molar-refractivity contribution in [2.75, 3.05) is 64.0 Å². The molecule has 5 aromatic heterocycles. The molecule has 0 saturated carbocycles. The van der Waals surface area contributed by atoms with Crippen molar-refractivity contribution in [3.8, 4) is 57.3 Å². The van der Waals surface area contributed by atoms with E-state index < -0.39 is 24.5 Å². The second-order valence-corrected chi connectivity index (χ2v) is 19.9. The molecule has 418 valence electrons. The number of ether oxygens (including phenoxy) is 7. The minimum Gasteiger partial charge on any atom is -0.476 e. The van der Waals surface area contributed by atoms with E-state index >= 15 is 0 Å². The third-order valence-electron chi connectivity index (χ3n) is 9.18. The van der Waals surface area contributed by atoms with Crippen LogP contribution in [0.3, 0.4) is 0 Å². The van der Waals surface area contributed by atoms with Crippen molar-refractivity contribution in [2.24, 2.45) is 0 Å². The van der Waals surface area contributed by atoms with Gasteiger partial charge in [0.05, 0.1) is 42.8 Å². The number of aromatic nitrogens is 7. The fourth-order valence-corrected chi connectivity index (χ4v) is 8.35. The van der Waals surface area contributed by atoms with Crippen LogP contribution in [-0.2, 0) is 4.74 Å². The molecule has 1 fully saturated rings. The first-order valence-electron chi connectivity index (χ1n) is 20.8. The van der Waals surface area contributed by atoms with Gasteiger partial charge >= 0.3 is 30.6 Å². The number of rotatable bonds is 7. The summed E-state index contributed by atoms with van der Waals surface area (Å²) in [6.45, 7) is 4.02. The van der Waals surface area contributed by atoms with Crippen molar-refractivity contribution in [3.63, 3.8) is 0 Å². The Morgan fingerprint density at radius 2 is 1.14 bits per heavy atom. The van der Waals surface area contributed by atoms with Crippen molar-refractivity contribution in [2.45, 2.75) is 12.6 Å². The van der Waals surface area contributed by atoms with E-state index in [0.29, 0.717) is 28.1 Å². The predicted molar refractivity (Wildman–Crippen MR) is 288 cm³/mol. The summed E-state index contributed by atoms with van der Waals surface area (Å²) in [6.07, 6.45) is -4.50. The van der Waals surface area contributed by atoms with E-state index in [0.717, 1.165) is 49.4 Å². The van der Waals surface area contributed by atoms with Gasteiger partial charge in [0.25, 0.3) is 5.91 Å². The van der Waals surface area contributed by atoms with Crippen LogP contribution in [0.2, 0.25) is 34.0 Å². The number of aromatic carboxylic acids is 1. The molecule has 4 N–H and O–H groups in total. The number of morpholine rings is 1. The van der Waals surface area contributed by atoms with Gasteiger partial charge in [-0.1, -0.05) is 69.6 Å². The fraction of sp³-hybridized carbons (Fsp3) is 0.233. The number of carboxylic acid groups (broad SMARTS) is 1. The molecule has 10 rings (SSSR count). The maximum atomic E-state index is 13.2. The number of nitrogens with zero attached hydrogens (tertiary/aromatic N) is 8. The molecule has 3 aliphatic rings. The standard InChI is InChI=1S/C16H6Cl3F2N3O3S.C12H7ClF2N2O2.C5H6ClN3O2.C5H11NO.C4HCl2NO2S.CH2Cl2/c17-8-4-10-9(26-16(20,21)27-10)3-7(8)6-1-2-11(22-5-6)23-15(25)13-12(18)14(19)28-24-13;13-8-4-10-9(18-12(14,15)19-10)3-7(8)6-1-2-11(16)17-5-6;1-10-4-7-3(6)8-5(9-4)11-2;1-6-2-4-7-5-3-6;5-1-2(4(8)9)7-10-3(1)6;2-1-3/h1-5H,(H,22,23,25);1-5H,(H2,16,17);1-2H3;2-5H2,1H3;(H,8,9);1H2. The number of methoxy groups -OCH3 is 2. The number of nitrogens with two attached hydrogens (primary N) is 1. The van der Waals surface area contributed by atoms with Crippen LogP contribution >= 0.6 is 127 Å². The molecule has 0 spiro atoms. The molecule has 0 aliphatic carbocycles. The number of anilines is 2. The third kappa shape index (κ3) is 18.4. The minimum atomic E-state index is -3.74. The highest BCUT2D eigenvalue weighted by molar-refractivity contribution is 7.12. The largest absolute Gasteiger partial charge is 0.586 e. The van der Waals surface area contributed by atoms with E-state index in [2.05, 4.69) is 69.9 Å². The number of hydrogen-bond acceptors (Lipinski definition) is 20. The Morgan fingerprint density at radius 1 is 0.705 bits per heavy atom. The molecule has 0 unspecified atom stereocenters. The SMILES string of the molecule is CN1CCOCC1.COc1nc(Cl)nc(OC)n1.ClCCl.Nc1ccc(-c2cc3c(cc2Cl)OC(F)(F)O3)cn1.O=C(Nc1ccc(-c2cc3c(cc2Cl)OC(F)(F)O3)cn1)c1nsc(Cl)c1Cl.O=C(O)c1nsc(Cl)c1Cl. The Balaban J connectivity index is 0.000000193. The fourth-order valence-electron chi connectivity index (χ4n) is 5.70. The van der Waals surface area contributed by atoms with E-state index in [1.54, 1.807) is 18.2 Å². The second kappa shape index (κ2) is 29.3. The lowest BCUT2D eigenvalue weighted by atomic mass is 10.1. The zero-order valence-electron chi connectivity index (χ0n) is 39.3. The summed E-state index contributed by atoms with van der Waals surface area (Å²) >= 11 is 51.5. The van der Waals surface area contributed by atoms with E-state index in [1.165, 1.54) is 56.9 Å². The molecule has 20 nitrogen and oxygen atoms in total. The lowest BCUT2D eigenvalue weighted by Gasteiger charge is -2.21. The predicted octanol–water partition coefficient (Wildman–Crippen LogP) is 13.1. The summed E-state index contributed by atoms with van der Waals surface area (Å²) in [5.41, 5.74) is 7.35. The number of nitrogen functional groups attached to an aromatic ring is 1. The van der Waals surface area contributed by atoms with Crippen molar-refractivity contribution >= 4 is 151 Å². The summed E-state index contributed by atoms with van der Waals surface area (Å²) in [5, 5.41) is 11.7. The number of halogens is 13. The normalized spacial score (nSPS) is 13.9. The minimum absolute atomic E-state index is 0.0118. The average molecular weight is 1310 g/mol. The van der Waals surface area contributed by atoms with Crippen LogP contribution in [0.15, 0.2) is 60.9 Å². The smallest absolute Gasteiger partial charge is 0.476 e. The first-order chi connectivity index (χ1) is 36.9. The number of hydrogen-bond donors (Lipinski definition) is 3. The van der Waals surface area contributed by atoms with Gasteiger partial charge in [0.15, 0.2) is 34.4 Å². The second-order valence-electron chi connectivity index (χ2n) is 14.4. The molecule has 1 saturated heterocycles. The van der Waals surface area contributed by atoms with Crippen LogP contribution in [0, 0.1) is 0 Å². The number of amides is 1. The lowest BCUT2D eigenvalue weighted by Crippen LogP contribution is -2.32. The van der Waals surface area contributed by atoms with E-state index in [1.807, 2.05) is 0 Å². The van der Waals surface area contributed by atoms with Crippen LogP contribution in [0.1, 0.15) is 21.0 Å². The van der Waals surface area contributed by atoms with Gasteiger partial charge in [-0.25, -0.2) is 14.8 Å². The van der Waals surface area contributed by atoms with Gasteiger partial charge in [0.2, 0.25) is 5.28 Å². The molecule has 7 aromatic rings. The molecular formula is C43H33Cl9F4N10O10S2. The van der Waals surface area contributed by atoms with Gasteiger partial charge in [0.1, 0.15) is 30.4 Å². The van der Waals surface area contributed by atoms with Gasteiger partial charge in [0, 0.05) is 59.9 Å². The number of likely N-dealkylation sites (N-methyl/N-ethyl adjacent to an activating group) is 1. The molecular weight excluding hydrogens is 1280 g/mol. The first-order valence-corrected chi connectivity index (χ1v) is 26.0. The number of carboxylic acids is 1. The number of carbonyl (C=O) groups excluding carboxylic acids is 1. The lowest BCUT2D eigenvalue weighted by molar-refractivity contribution is -0.287. The van der Waals surface area contributed by atoms with Gasteiger partial charge in [-0.15, -0.1) is 45.7 Å². The Bertz CT molecular complexity index is 3160. The van der Waals surface area contributed by atoms with Gasteiger partial charge in [-0.05, 0) is 78.1 Å². The molecule has 0 bridgehead atoms. The van der Waals surface area contributed by atoms with Gasteiger partial charge in [-0.2, -0.15) is 18.7 Å². The molecule has 1 amide bonds. The number of pyridine rings is 2. The number of carbonyl (C=O) groups is 2. The van der Waals surface area contributed by atoms with E-state index in [-0.39, 0.29) is 91.6 Å². The zero-order chi connectivity index (χ0) is 57.5. The summed E-state index contributed by atoms with van der Waals surface area (Å²) < 4.78 is 92.0. The van der Waals surface area contributed by atoms with Crippen molar-refractivity contribution < 1.29 is 65.4 Å². The topological polar surface area (TPSA) is 250 Å². The summed E-state index contributed by atoms with van der Waals surface area (Å²) in [7, 11) is 4.98. The third-order valence-corrected chi connectivity index (χ3v) is 13.2. The molecule has 78 heavy (non-hydrogen) atoms. The molecule has 3 aliphatic heterocycles. The Kier molecular flexibility index (Phi) is 23.9. The van der Waals surface area contributed by atoms with Crippen molar-refractivity contribution in [1.29, 1.82) is 0 Å². The van der Waals surface area contributed by atoms with E-state index in [4.69, 9.17) is 129 Å². The molecule has 2 aromatic carbocycles. The quantitative estimate of drug-likeness (QED) is 0.0991. The Morgan fingerprint density at radius 3 is 1.49 bits per heavy atom. The summed E-state index contributed by atoms with van der Waals surface area (Å²) in [5.74, 6) is -1.62. The highest BCUT2D eigenvalue weighted by Crippen LogP contribution is 2.47. The van der Waals surface area contributed by atoms with Crippen LogP contribution in [0.25, 0.3) is 22.3 Å². The highest BCUT2D eigenvalue weighted by atomic mass is 35.5. The zero-order valence-corrected chi connectivity index (χ0v) is 47.8.